The third-order valence-electron chi connectivity index (χ3n) is 23.1. The molecule has 120 heavy (non-hydrogen) atoms. The normalized spacial score (nSPS) is 11.9. The summed E-state index contributed by atoms with van der Waals surface area (Å²) in [5.74, 6) is 7.89. The first-order valence-corrected chi connectivity index (χ1v) is 46.6. The topological polar surface area (TPSA) is 92.3 Å². The summed E-state index contributed by atoms with van der Waals surface area (Å²) in [4.78, 5) is 0. The molecule has 0 fully saturated rings. The lowest BCUT2D eigenvalue weighted by Crippen LogP contribution is -2.09. The molecule has 10 aromatic carbocycles. The molecular weight excluding hydrogens is 1480 g/mol. The molecular formula is C110H140O10. The highest BCUT2D eigenvalue weighted by atomic mass is 16.5. The van der Waals surface area contributed by atoms with Crippen molar-refractivity contribution in [2.24, 2.45) is 0 Å². The molecule has 0 spiro atoms. The summed E-state index contributed by atoms with van der Waals surface area (Å²) in [6, 6.07) is 75.4. The van der Waals surface area contributed by atoms with E-state index in [2.05, 4.69) is 247 Å². The Kier molecular flexibility index (Phi) is 40.2. The van der Waals surface area contributed by atoms with E-state index >= 15 is 0 Å². The molecule has 0 aromatic heterocycles. The zero-order valence-corrected chi connectivity index (χ0v) is 73.6. The van der Waals surface area contributed by atoms with Gasteiger partial charge in [0.1, 0.15) is 90.5 Å². The van der Waals surface area contributed by atoms with Crippen molar-refractivity contribution < 1.29 is 47.4 Å². The van der Waals surface area contributed by atoms with E-state index in [1.54, 1.807) is 0 Å². The van der Waals surface area contributed by atoms with Crippen molar-refractivity contribution in [3.8, 4) is 57.5 Å². The molecule has 0 radical (unpaired) electrons. The lowest BCUT2D eigenvalue weighted by atomic mass is 9.94. The van der Waals surface area contributed by atoms with Gasteiger partial charge in [-0.3, -0.25) is 0 Å². The summed E-state index contributed by atoms with van der Waals surface area (Å²) in [5.41, 5.74) is 15.2. The fraction of sp³-hybridized carbons (Fsp3) is 0.455. The van der Waals surface area contributed by atoms with Crippen LogP contribution in [0.25, 0.3) is 0 Å². The van der Waals surface area contributed by atoms with E-state index in [0.717, 1.165) is 205 Å². The molecule has 0 atom stereocenters. The van der Waals surface area contributed by atoms with E-state index in [1.807, 2.05) is 0 Å². The van der Waals surface area contributed by atoms with Gasteiger partial charge < -0.3 is 47.4 Å². The van der Waals surface area contributed by atoms with Crippen LogP contribution in [0.15, 0.2) is 212 Å². The molecule has 10 bridgehead atoms. The predicted molar refractivity (Wildman–Crippen MR) is 494 cm³/mol. The summed E-state index contributed by atoms with van der Waals surface area (Å²) in [6.45, 7) is 16.0. The van der Waals surface area contributed by atoms with Gasteiger partial charge in [0, 0.05) is 87.7 Å². The first kappa shape index (κ1) is 91.0. The predicted octanol–water partition coefficient (Wildman–Crippen LogP) is 29.5. The lowest BCUT2D eigenvalue weighted by Gasteiger charge is -2.22. The molecule has 0 amide bonds. The molecule has 640 valence electrons. The lowest BCUT2D eigenvalue weighted by molar-refractivity contribution is 0.287. The van der Waals surface area contributed by atoms with E-state index in [1.165, 1.54) is 128 Å². The Morgan fingerprint density at radius 1 is 0.158 bits per heavy atom. The van der Waals surface area contributed by atoms with Gasteiger partial charge in [0.15, 0.2) is 0 Å². The molecule has 0 saturated heterocycles. The van der Waals surface area contributed by atoms with Gasteiger partial charge in [-0.05, 0) is 121 Å². The van der Waals surface area contributed by atoms with Crippen molar-refractivity contribution in [3.63, 3.8) is 0 Å². The summed E-state index contributed by atoms with van der Waals surface area (Å²) in [7, 11) is 0. The molecule has 0 saturated carbocycles. The van der Waals surface area contributed by atoms with Crippen molar-refractivity contribution in [1.82, 2.24) is 0 Å². The van der Waals surface area contributed by atoms with Crippen LogP contribution < -0.4 is 47.4 Å². The maximum atomic E-state index is 7.32. The fourth-order valence-corrected chi connectivity index (χ4v) is 16.0. The van der Waals surface area contributed by atoms with Gasteiger partial charge in [0.2, 0.25) is 0 Å². The largest absolute Gasteiger partial charge is 0.493 e. The minimum atomic E-state index is 0.358. The third kappa shape index (κ3) is 31.0. The van der Waals surface area contributed by atoms with E-state index in [4.69, 9.17) is 47.4 Å². The molecule has 20 rings (SSSR count). The van der Waals surface area contributed by atoms with Crippen LogP contribution in [0.2, 0.25) is 0 Å². The fourth-order valence-electron chi connectivity index (χ4n) is 16.0. The number of unbranched alkanes of at least 4 members (excludes halogenated alkanes) is 25. The van der Waals surface area contributed by atoms with Gasteiger partial charge in [-0.1, -0.05) is 347 Å². The second-order valence-electron chi connectivity index (χ2n) is 33.2. The molecule has 0 heterocycles. The van der Waals surface area contributed by atoms with Crippen molar-refractivity contribution in [1.29, 1.82) is 0 Å². The van der Waals surface area contributed by atoms with E-state index in [-0.39, 0.29) is 0 Å². The van der Waals surface area contributed by atoms with Crippen LogP contribution >= 0.6 is 0 Å². The molecule has 0 aliphatic heterocycles. The summed E-state index contributed by atoms with van der Waals surface area (Å²) < 4.78 is 73.2. The molecule has 10 aliphatic rings. The average Bonchev–Trinajstić information content (AvgIpc) is 0.962. The van der Waals surface area contributed by atoms with Gasteiger partial charge in [0.25, 0.3) is 0 Å². The molecule has 10 nitrogen and oxygen atoms in total. The quantitative estimate of drug-likeness (QED) is 0.0343. The molecule has 10 aromatic rings. The van der Waals surface area contributed by atoms with E-state index in [9.17, 15) is 0 Å². The number of benzene rings is 10. The SMILES string of the molecule is CCCCCCCCOc1cc2c(OCc3ccccc3)cc1Cc1cc(OCCCCCCCC)c(cc1OCc1ccccc1)Cc1cc(OCCCCCCCC)c(cc1OCc1ccccc1)Cc1cc(OCCCCCCCC)c(cc1OCc1ccccc1)Cc1cc(OCCCCCCCC)c(cc1OCc1ccccc1)C2. The maximum Gasteiger partial charge on any atom is 0.123 e. The maximum absolute atomic E-state index is 7.32. The van der Waals surface area contributed by atoms with Crippen LogP contribution in [0, 0.1) is 0 Å². The van der Waals surface area contributed by atoms with Gasteiger partial charge >= 0.3 is 0 Å². The van der Waals surface area contributed by atoms with Crippen molar-refractivity contribution >= 4 is 0 Å². The Hall–Kier alpha value is -9.80. The number of ether oxygens (including phenoxy) is 10. The van der Waals surface area contributed by atoms with Gasteiger partial charge in [-0.2, -0.15) is 0 Å². The highest BCUT2D eigenvalue weighted by molar-refractivity contribution is 5.60. The molecule has 10 heteroatoms. The Labute approximate surface area is 721 Å². The second-order valence-corrected chi connectivity index (χ2v) is 33.2. The first-order valence-electron chi connectivity index (χ1n) is 46.6. The van der Waals surface area contributed by atoms with Gasteiger partial charge in [-0.15, -0.1) is 0 Å². The van der Waals surface area contributed by atoms with Crippen molar-refractivity contribution in [2.45, 2.75) is 292 Å². The van der Waals surface area contributed by atoms with Crippen molar-refractivity contribution in [2.75, 3.05) is 33.0 Å². The van der Waals surface area contributed by atoms with E-state index < -0.39 is 0 Å². The Balaban J connectivity index is 1.18. The monoisotopic (exact) mass is 1620 g/mol. The molecule has 10 aliphatic carbocycles. The number of hydrogen-bond acceptors (Lipinski definition) is 10. The number of rotatable bonds is 55. The van der Waals surface area contributed by atoms with Gasteiger partial charge in [0.05, 0.1) is 33.0 Å². The zero-order valence-electron chi connectivity index (χ0n) is 73.6. The average molecular weight is 1620 g/mol. The second kappa shape index (κ2) is 53.1. The smallest absolute Gasteiger partial charge is 0.123 e. The summed E-state index contributed by atoms with van der Waals surface area (Å²) in [5, 5.41) is 0. The van der Waals surface area contributed by atoms with Crippen LogP contribution in [-0.4, -0.2) is 33.0 Å². The van der Waals surface area contributed by atoms with Crippen LogP contribution in [0.5, 0.6) is 57.5 Å². The Morgan fingerprint density at radius 3 is 0.442 bits per heavy atom. The third-order valence-corrected chi connectivity index (χ3v) is 23.1. The minimum Gasteiger partial charge on any atom is -0.493 e. The highest BCUT2D eigenvalue weighted by Gasteiger charge is 2.26. The first-order chi connectivity index (χ1) is 59.3. The van der Waals surface area contributed by atoms with Gasteiger partial charge in [-0.25, -0.2) is 0 Å². The standard InChI is InChI=1S/C110H140O10/c1-6-11-16-21-26-46-61-111-101-71-96-67-92-77-108(118-83-88-55-40-33-41-56-88)98(73-103(92)113-63-48-28-23-18-13-8-3)69-94-79-110(120-85-90-59-44-35-45-60-90)100(75-105(94)115-65-50-30-25-20-15-10-5)70-95-80-109(119-84-89-57-42-34-43-58-89)99(74-104(95)114-64-49-29-24-19-14-9-4)68-93-78-107(117-82-87-53-38-32-39-54-87)97(72-102(93)112-62-47-27-22-17-12-7-2)66-91(101)76-106(96)116-81-86-51-36-31-37-52-86/h31-45,51-60,71-80H,6-30,46-50,61-70,81-85H2,1-5H3. The van der Waals surface area contributed by atoms with Crippen LogP contribution in [0.4, 0.5) is 0 Å². The Bertz CT molecular complexity index is 3840. The Morgan fingerprint density at radius 2 is 0.292 bits per heavy atom. The summed E-state index contributed by atoms with van der Waals surface area (Å²) >= 11 is 0. The van der Waals surface area contributed by atoms with Crippen LogP contribution in [-0.2, 0) is 65.1 Å². The van der Waals surface area contributed by atoms with Crippen LogP contribution in [0.3, 0.4) is 0 Å². The van der Waals surface area contributed by atoms with E-state index in [0.29, 0.717) is 98.2 Å². The molecule has 0 N–H and O–H groups in total. The molecule has 0 unspecified atom stereocenters. The highest BCUT2D eigenvalue weighted by Crippen LogP contribution is 2.45. The summed E-state index contributed by atoms with van der Waals surface area (Å²) in [6.07, 6.45) is 36.5. The minimum absolute atomic E-state index is 0.358. The van der Waals surface area contributed by atoms with Crippen molar-refractivity contribution in [3.05, 3.63) is 296 Å². The number of hydrogen-bond donors (Lipinski definition) is 0. The van der Waals surface area contributed by atoms with Crippen LogP contribution in [0.1, 0.15) is 311 Å². The zero-order chi connectivity index (χ0) is 83.1.